The van der Waals surface area contributed by atoms with Crippen molar-refractivity contribution in [3.63, 3.8) is 0 Å². The normalized spacial score (nSPS) is 10.1. The predicted molar refractivity (Wildman–Crippen MR) is 38.0 cm³/mol. The number of rotatable bonds is 4. The molecule has 0 bridgehead atoms. The molecule has 56 valence electrons. The molecule has 0 saturated carbocycles. The van der Waals surface area contributed by atoms with Crippen LogP contribution in [0.5, 0.6) is 0 Å². The molecular formula is C5H7N2NaO3. The summed E-state index contributed by atoms with van der Waals surface area (Å²) in [7, 11) is 0. The van der Waals surface area contributed by atoms with Gasteiger partial charge in [-0.25, -0.2) is 0 Å². The van der Waals surface area contributed by atoms with Crippen molar-refractivity contribution in [1.82, 2.24) is 5.32 Å². The van der Waals surface area contributed by atoms with Crippen LogP contribution in [0.15, 0.2) is 0 Å². The molecule has 1 amide bonds. The van der Waals surface area contributed by atoms with E-state index in [4.69, 9.17) is 10.4 Å². The summed E-state index contributed by atoms with van der Waals surface area (Å²) in [6, 6.07) is 1.52. The molecule has 0 rings (SSSR count). The minimum atomic E-state index is -1.23. The minimum absolute atomic E-state index is 0. The van der Waals surface area contributed by atoms with E-state index < -0.39 is 11.9 Å². The van der Waals surface area contributed by atoms with Gasteiger partial charge in [0.05, 0.1) is 6.07 Å². The second-order valence-corrected chi connectivity index (χ2v) is 1.55. The summed E-state index contributed by atoms with van der Waals surface area (Å²) in [5.74, 6) is -2.37. The van der Waals surface area contributed by atoms with Gasteiger partial charge in [-0.05, 0) is 0 Å². The number of carbonyl (C=O) groups excluding carboxylic acids is 1. The Balaban J connectivity index is 0. The summed E-state index contributed by atoms with van der Waals surface area (Å²) in [4.78, 5) is 19.7. The number of carboxylic acids is 1. The maximum atomic E-state index is 10.1. The molecule has 5 nitrogen and oxygen atoms in total. The molecule has 0 aromatic carbocycles. The third-order valence-electron chi connectivity index (χ3n) is 0.859. The summed E-state index contributed by atoms with van der Waals surface area (Å²) in [5.41, 5.74) is 0. The summed E-state index contributed by atoms with van der Waals surface area (Å²) >= 11 is 0. The van der Waals surface area contributed by atoms with Gasteiger partial charge >= 0.3 is 35.5 Å². The Morgan fingerprint density at radius 2 is 2.36 bits per heavy atom. The summed E-state index contributed by atoms with van der Waals surface area (Å²) in [5, 5.41) is 18.5. The van der Waals surface area contributed by atoms with Crippen LogP contribution in [0.3, 0.4) is 0 Å². The molecule has 0 aromatic heterocycles. The fraction of sp³-hybridized carbons (Fsp3) is 0.400. The van der Waals surface area contributed by atoms with Crippen LogP contribution in [-0.4, -0.2) is 53.6 Å². The van der Waals surface area contributed by atoms with E-state index in [2.05, 4.69) is 5.32 Å². The van der Waals surface area contributed by atoms with Crippen LogP contribution in [0.1, 0.15) is 0 Å². The average Bonchev–Trinajstić information content (AvgIpc) is 1.89. The van der Waals surface area contributed by atoms with Crippen LogP contribution in [0.2, 0.25) is 0 Å². The van der Waals surface area contributed by atoms with Crippen molar-refractivity contribution >= 4 is 41.9 Å². The molecule has 0 heterocycles. The van der Waals surface area contributed by atoms with E-state index in [0.29, 0.717) is 6.41 Å². The van der Waals surface area contributed by atoms with Crippen LogP contribution in [-0.2, 0) is 9.59 Å². The number of amides is 1. The van der Waals surface area contributed by atoms with Crippen molar-refractivity contribution in [3.05, 3.63) is 0 Å². The first-order chi connectivity index (χ1) is 4.72. The standard InChI is InChI=1S/C5H6N2O3.Na.H/c6-1-4(5(9)10)2-7-3-8;;/h3-4H,2H2,(H,7,8)(H,9,10);;. The van der Waals surface area contributed by atoms with Gasteiger partial charge in [0.25, 0.3) is 0 Å². The van der Waals surface area contributed by atoms with Gasteiger partial charge in [0, 0.05) is 6.54 Å². The number of nitrogens with zero attached hydrogens (tertiary/aromatic N) is 1. The van der Waals surface area contributed by atoms with Gasteiger partial charge < -0.3 is 10.4 Å². The van der Waals surface area contributed by atoms with Crippen LogP contribution in [0.4, 0.5) is 0 Å². The Labute approximate surface area is 85.7 Å². The SMILES string of the molecule is N#CC(CNC=O)C(=O)O.[NaH]. The summed E-state index contributed by atoms with van der Waals surface area (Å²) < 4.78 is 0. The van der Waals surface area contributed by atoms with Crippen LogP contribution >= 0.6 is 0 Å². The third-order valence-corrected chi connectivity index (χ3v) is 0.859. The Bertz CT molecular complexity index is 177. The van der Waals surface area contributed by atoms with Crippen LogP contribution < -0.4 is 5.32 Å². The van der Waals surface area contributed by atoms with Gasteiger partial charge in [-0.2, -0.15) is 5.26 Å². The fourth-order valence-corrected chi connectivity index (χ4v) is 0.354. The molecule has 0 aliphatic rings. The quantitative estimate of drug-likeness (QED) is 0.385. The van der Waals surface area contributed by atoms with Gasteiger partial charge in [0.2, 0.25) is 6.41 Å². The van der Waals surface area contributed by atoms with E-state index in [1.807, 2.05) is 0 Å². The number of carbonyl (C=O) groups is 2. The maximum absolute atomic E-state index is 10.1. The van der Waals surface area contributed by atoms with Crippen molar-refractivity contribution in [2.24, 2.45) is 5.92 Å². The van der Waals surface area contributed by atoms with Gasteiger partial charge in [0.1, 0.15) is 0 Å². The molecule has 0 fully saturated rings. The zero-order valence-electron chi connectivity index (χ0n) is 5.07. The zero-order chi connectivity index (χ0) is 7.98. The van der Waals surface area contributed by atoms with Crippen molar-refractivity contribution in [1.29, 1.82) is 5.26 Å². The van der Waals surface area contributed by atoms with Crippen molar-refractivity contribution < 1.29 is 14.7 Å². The van der Waals surface area contributed by atoms with E-state index in [1.54, 1.807) is 0 Å². The number of hydrogen-bond donors (Lipinski definition) is 2. The van der Waals surface area contributed by atoms with Crippen LogP contribution in [0, 0.1) is 17.2 Å². The van der Waals surface area contributed by atoms with E-state index in [0.717, 1.165) is 0 Å². The predicted octanol–water partition coefficient (Wildman–Crippen LogP) is -1.69. The van der Waals surface area contributed by atoms with Gasteiger partial charge in [-0.3, -0.25) is 9.59 Å². The Hall–Kier alpha value is -0.570. The molecule has 0 aliphatic heterocycles. The van der Waals surface area contributed by atoms with E-state index in [-0.39, 0.29) is 36.1 Å². The molecular weight excluding hydrogens is 159 g/mol. The number of nitriles is 1. The van der Waals surface area contributed by atoms with Gasteiger partial charge in [-0.1, -0.05) is 0 Å². The van der Waals surface area contributed by atoms with Crippen molar-refractivity contribution in [2.75, 3.05) is 6.54 Å². The number of aliphatic carboxylic acids is 1. The topological polar surface area (TPSA) is 90.2 Å². The molecule has 0 aromatic rings. The summed E-state index contributed by atoms with van der Waals surface area (Å²) in [6.07, 6.45) is 0.354. The molecule has 2 N–H and O–H groups in total. The Morgan fingerprint density at radius 1 is 1.82 bits per heavy atom. The molecule has 11 heavy (non-hydrogen) atoms. The first kappa shape index (κ1) is 13.1. The second-order valence-electron chi connectivity index (χ2n) is 1.55. The van der Waals surface area contributed by atoms with Gasteiger partial charge in [0.15, 0.2) is 5.92 Å². The molecule has 0 aliphatic carbocycles. The molecule has 1 atom stereocenters. The zero-order valence-corrected chi connectivity index (χ0v) is 5.07. The average molecular weight is 166 g/mol. The second kappa shape index (κ2) is 7.54. The van der Waals surface area contributed by atoms with Crippen LogP contribution in [0.25, 0.3) is 0 Å². The van der Waals surface area contributed by atoms with E-state index in [1.165, 1.54) is 6.07 Å². The molecule has 0 saturated heterocycles. The number of nitrogens with one attached hydrogen (secondary N) is 1. The van der Waals surface area contributed by atoms with Gasteiger partial charge in [-0.15, -0.1) is 0 Å². The number of hydrogen-bond acceptors (Lipinski definition) is 3. The molecule has 1 unspecified atom stereocenters. The molecule has 6 heteroatoms. The summed E-state index contributed by atoms with van der Waals surface area (Å²) in [6.45, 7) is -0.144. The van der Waals surface area contributed by atoms with Crippen molar-refractivity contribution in [2.45, 2.75) is 0 Å². The first-order valence-corrected chi connectivity index (χ1v) is 2.51. The fourth-order valence-electron chi connectivity index (χ4n) is 0.354. The monoisotopic (exact) mass is 166 g/mol. The Morgan fingerprint density at radius 3 is 2.64 bits per heavy atom. The molecule has 0 radical (unpaired) electrons. The third kappa shape index (κ3) is 5.85. The van der Waals surface area contributed by atoms with Crippen molar-refractivity contribution in [3.8, 4) is 6.07 Å². The number of carboxylic acid groups (broad SMARTS) is 1. The van der Waals surface area contributed by atoms with E-state index in [9.17, 15) is 9.59 Å². The Kier molecular flexibility index (Phi) is 8.94. The first-order valence-electron chi connectivity index (χ1n) is 2.51. The molecule has 0 spiro atoms. The van der Waals surface area contributed by atoms with E-state index >= 15 is 0 Å².